The Labute approximate surface area is 152 Å². The van der Waals surface area contributed by atoms with Gasteiger partial charge in [0.15, 0.2) is 5.06 Å². The molecule has 0 aliphatic carbocycles. The van der Waals surface area contributed by atoms with Crippen LogP contribution < -0.4 is 10.1 Å². The van der Waals surface area contributed by atoms with Gasteiger partial charge in [-0.2, -0.15) is 0 Å². The van der Waals surface area contributed by atoms with Crippen LogP contribution in [0.4, 0.5) is 0 Å². The number of hydrogen-bond donors (Lipinski definition) is 1. The van der Waals surface area contributed by atoms with E-state index in [9.17, 15) is 4.79 Å². The molecule has 0 bridgehead atoms. The van der Waals surface area contributed by atoms with Gasteiger partial charge in [0.2, 0.25) is 0 Å². The Hall–Kier alpha value is -2.70. The smallest absolute Gasteiger partial charge is 0.253 e. The number of fused-ring (bicyclic) bond motifs is 1. The Balaban J connectivity index is 1.38. The van der Waals surface area contributed by atoms with Gasteiger partial charge in [0.25, 0.3) is 5.91 Å². The van der Waals surface area contributed by atoms with E-state index in [1.54, 1.807) is 17.5 Å². The Morgan fingerprint density at radius 3 is 2.88 bits per heavy atom. The van der Waals surface area contributed by atoms with Crippen LogP contribution in [0.15, 0.2) is 66.2 Å². The van der Waals surface area contributed by atoms with Crippen LogP contribution in [0.25, 0.3) is 10.2 Å². The molecule has 0 spiro atoms. The number of benzene rings is 1. The summed E-state index contributed by atoms with van der Waals surface area (Å²) in [7, 11) is 0. The predicted octanol–water partition coefficient (Wildman–Crippen LogP) is 5.08. The minimum atomic E-state index is -0.123. The van der Waals surface area contributed by atoms with Crippen LogP contribution in [-0.2, 0) is 6.54 Å². The molecule has 1 N–H and O–H groups in total. The molecule has 4 rings (SSSR count). The summed E-state index contributed by atoms with van der Waals surface area (Å²) in [6.07, 6.45) is 1.61. The minimum absolute atomic E-state index is 0.123. The summed E-state index contributed by atoms with van der Waals surface area (Å²) in [5.41, 5.74) is 1.50. The number of ether oxygens (including phenoxy) is 1. The average molecular weight is 366 g/mol. The lowest BCUT2D eigenvalue weighted by Gasteiger charge is -2.04. The highest BCUT2D eigenvalue weighted by atomic mass is 32.1. The van der Waals surface area contributed by atoms with Gasteiger partial charge in [-0.25, -0.2) is 0 Å². The van der Waals surface area contributed by atoms with Crippen molar-refractivity contribution in [1.82, 2.24) is 10.3 Å². The fraction of sp³-hybridized carbons (Fsp3) is 0.0526. The van der Waals surface area contributed by atoms with Crippen molar-refractivity contribution >= 4 is 38.8 Å². The summed E-state index contributed by atoms with van der Waals surface area (Å²) in [6, 6.07) is 17.3. The second kappa shape index (κ2) is 7.04. The Bertz CT molecular complexity index is 1010. The lowest BCUT2D eigenvalue weighted by atomic mass is 10.2. The first-order chi connectivity index (χ1) is 12.3. The van der Waals surface area contributed by atoms with E-state index in [4.69, 9.17) is 4.74 Å². The van der Waals surface area contributed by atoms with E-state index in [1.165, 1.54) is 11.3 Å². The van der Waals surface area contributed by atoms with E-state index in [-0.39, 0.29) is 5.91 Å². The van der Waals surface area contributed by atoms with Gasteiger partial charge in [-0.3, -0.25) is 9.78 Å². The first kappa shape index (κ1) is 15.8. The van der Waals surface area contributed by atoms with E-state index in [1.807, 2.05) is 60.0 Å². The molecule has 4 aromatic rings. The summed E-state index contributed by atoms with van der Waals surface area (Å²) < 4.78 is 6.80. The molecule has 4 nitrogen and oxygen atoms in total. The van der Waals surface area contributed by atoms with Crippen LogP contribution in [0.2, 0.25) is 0 Å². The third kappa shape index (κ3) is 3.70. The van der Waals surface area contributed by atoms with Crippen molar-refractivity contribution in [2.75, 3.05) is 0 Å². The van der Waals surface area contributed by atoms with Gasteiger partial charge in [0, 0.05) is 11.1 Å². The molecule has 0 aliphatic heterocycles. The zero-order valence-electron chi connectivity index (χ0n) is 13.1. The summed E-state index contributed by atoms with van der Waals surface area (Å²) in [5.74, 6) is 0.678. The summed E-state index contributed by atoms with van der Waals surface area (Å²) in [5, 5.41) is 5.70. The first-order valence-electron chi connectivity index (χ1n) is 7.71. The second-order valence-corrected chi connectivity index (χ2v) is 7.43. The van der Waals surface area contributed by atoms with Gasteiger partial charge in [-0.1, -0.05) is 18.2 Å². The van der Waals surface area contributed by atoms with Crippen molar-refractivity contribution < 1.29 is 9.53 Å². The number of hydrogen-bond acceptors (Lipinski definition) is 5. The quantitative estimate of drug-likeness (QED) is 0.536. The Kier molecular flexibility index (Phi) is 4.45. The first-order valence-corrected chi connectivity index (χ1v) is 9.40. The normalized spacial score (nSPS) is 10.7. The highest BCUT2D eigenvalue weighted by molar-refractivity contribution is 7.17. The Morgan fingerprint density at radius 1 is 1.12 bits per heavy atom. The van der Waals surface area contributed by atoms with Crippen molar-refractivity contribution in [3.05, 3.63) is 76.6 Å². The van der Waals surface area contributed by atoms with E-state index >= 15 is 0 Å². The number of carbonyl (C=O) groups is 1. The molecule has 1 amide bonds. The van der Waals surface area contributed by atoms with Crippen LogP contribution in [0.5, 0.6) is 10.8 Å². The van der Waals surface area contributed by atoms with Crippen molar-refractivity contribution in [3.63, 3.8) is 0 Å². The highest BCUT2D eigenvalue weighted by Crippen LogP contribution is 2.29. The molecule has 0 radical (unpaired) electrons. The molecule has 0 unspecified atom stereocenters. The van der Waals surface area contributed by atoms with E-state index in [0.29, 0.717) is 12.1 Å². The average Bonchev–Trinajstić information content (AvgIpc) is 3.29. The number of thiophene rings is 2. The minimum Gasteiger partial charge on any atom is -0.447 e. The molecule has 3 heterocycles. The fourth-order valence-corrected chi connectivity index (χ4v) is 3.95. The number of aromatic nitrogens is 1. The molecule has 124 valence electrons. The number of amides is 1. The van der Waals surface area contributed by atoms with E-state index in [0.717, 1.165) is 25.9 Å². The number of nitrogens with one attached hydrogen (secondary N) is 1. The van der Waals surface area contributed by atoms with Gasteiger partial charge >= 0.3 is 0 Å². The summed E-state index contributed by atoms with van der Waals surface area (Å²) in [6.45, 7) is 0.462. The second-order valence-electron chi connectivity index (χ2n) is 5.35. The number of para-hydroxylation sites is 1. The molecule has 6 heteroatoms. The molecule has 3 aromatic heterocycles. The number of nitrogens with zero attached hydrogens (tertiary/aromatic N) is 1. The summed E-state index contributed by atoms with van der Waals surface area (Å²) in [4.78, 5) is 17.6. The maximum Gasteiger partial charge on any atom is 0.253 e. The zero-order valence-corrected chi connectivity index (χ0v) is 14.8. The third-order valence-corrected chi connectivity index (χ3v) is 5.40. The zero-order chi connectivity index (χ0) is 17.1. The molecule has 1 aromatic carbocycles. The lowest BCUT2D eigenvalue weighted by molar-refractivity contribution is 0.0951. The van der Waals surface area contributed by atoms with Gasteiger partial charge in [-0.05, 0) is 41.8 Å². The standard InChI is InChI=1S/C19H14N2O2S2/c22-19(13-10-17-16(20-11-13)8-9-24-17)21-12-15-6-7-18(25-15)23-14-4-2-1-3-5-14/h1-11H,12H2,(H,21,22). The molecule has 0 aliphatic rings. The van der Waals surface area contributed by atoms with Crippen molar-refractivity contribution in [1.29, 1.82) is 0 Å². The van der Waals surface area contributed by atoms with Crippen LogP contribution in [0.1, 0.15) is 15.2 Å². The van der Waals surface area contributed by atoms with Crippen LogP contribution in [0, 0.1) is 0 Å². The van der Waals surface area contributed by atoms with Crippen molar-refractivity contribution in [3.8, 4) is 10.8 Å². The van der Waals surface area contributed by atoms with Crippen LogP contribution in [0.3, 0.4) is 0 Å². The maximum absolute atomic E-state index is 12.3. The Morgan fingerprint density at radius 2 is 2.00 bits per heavy atom. The highest BCUT2D eigenvalue weighted by Gasteiger charge is 2.09. The van der Waals surface area contributed by atoms with Crippen molar-refractivity contribution in [2.45, 2.75) is 6.54 Å². The molecular formula is C19H14N2O2S2. The number of rotatable bonds is 5. The van der Waals surface area contributed by atoms with E-state index < -0.39 is 0 Å². The van der Waals surface area contributed by atoms with Crippen molar-refractivity contribution in [2.24, 2.45) is 0 Å². The fourth-order valence-electron chi connectivity index (χ4n) is 2.35. The number of pyridine rings is 1. The molecule has 0 atom stereocenters. The monoisotopic (exact) mass is 366 g/mol. The predicted molar refractivity (Wildman–Crippen MR) is 102 cm³/mol. The van der Waals surface area contributed by atoms with Gasteiger partial charge in [0.1, 0.15) is 5.75 Å². The largest absolute Gasteiger partial charge is 0.447 e. The summed E-state index contributed by atoms with van der Waals surface area (Å²) >= 11 is 3.10. The van der Waals surface area contributed by atoms with Crippen LogP contribution in [-0.4, -0.2) is 10.9 Å². The SMILES string of the molecule is O=C(NCc1ccc(Oc2ccccc2)s1)c1cnc2ccsc2c1. The molecule has 0 saturated heterocycles. The lowest BCUT2D eigenvalue weighted by Crippen LogP contribution is -2.22. The molecule has 25 heavy (non-hydrogen) atoms. The molecule has 0 saturated carbocycles. The third-order valence-electron chi connectivity index (χ3n) is 3.59. The van der Waals surface area contributed by atoms with Crippen LogP contribution >= 0.6 is 22.7 Å². The van der Waals surface area contributed by atoms with Gasteiger partial charge in [0.05, 0.1) is 22.3 Å². The molecular weight excluding hydrogens is 352 g/mol. The van der Waals surface area contributed by atoms with Gasteiger partial charge in [-0.15, -0.1) is 22.7 Å². The number of carbonyl (C=O) groups excluding carboxylic acids is 1. The maximum atomic E-state index is 12.3. The van der Waals surface area contributed by atoms with E-state index in [2.05, 4.69) is 10.3 Å². The topological polar surface area (TPSA) is 51.2 Å². The molecule has 0 fully saturated rings. The van der Waals surface area contributed by atoms with Gasteiger partial charge < -0.3 is 10.1 Å².